The molecule has 0 aromatic heterocycles. The lowest BCUT2D eigenvalue weighted by Crippen LogP contribution is -2.44. The van der Waals surface area contributed by atoms with E-state index in [0.717, 1.165) is 12.8 Å². The Kier molecular flexibility index (Phi) is 2.72. The summed E-state index contributed by atoms with van der Waals surface area (Å²) in [6.45, 7) is 0. The highest BCUT2D eigenvalue weighted by atomic mass is 16.2. The van der Waals surface area contributed by atoms with Gasteiger partial charge in [-0.05, 0) is 24.5 Å². The van der Waals surface area contributed by atoms with Crippen LogP contribution in [-0.2, 0) is 6.42 Å². The molecule has 1 aromatic carbocycles. The lowest BCUT2D eigenvalue weighted by molar-refractivity contribution is 0.206. The predicted molar refractivity (Wildman–Crippen MR) is 59.1 cm³/mol. The van der Waals surface area contributed by atoms with Gasteiger partial charge in [0.15, 0.2) is 0 Å². The first-order chi connectivity index (χ1) is 7.27. The molecule has 0 bridgehead atoms. The van der Waals surface area contributed by atoms with Crippen molar-refractivity contribution < 1.29 is 4.79 Å². The fraction of sp³-hybridized carbons (Fsp3) is 0.250. The van der Waals surface area contributed by atoms with Crippen molar-refractivity contribution >= 4 is 6.03 Å². The smallest absolute Gasteiger partial charge is 0.319 e. The van der Waals surface area contributed by atoms with Crippen LogP contribution in [0, 0.1) is 0 Å². The summed E-state index contributed by atoms with van der Waals surface area (Å²) >= 11 is 0. The Hall–Kier alpha value is -1.77. The van der Waals surface area contributed by atoms with Crippen molar-refractivity contribution in [3.05, 3.63) is 48.2 Å². The monoisotopic (exact) mass is 202 g/mol. The van der Waals surface area contributed by atoms with E-state index in [-0.39, 0.29) is 12.1 Å². The van der Waals surface area contributed by atoms with Gasteiger partial charge in [0.05, 0.1) is 6.04 Å². The minimum absolute atomic E-state index is 0.183. The van der Waals surface area contributed by atoms with Gasteiger partial charge in [0, 0.05) is 6.20 Å². The molecule has 0 fully saturated rings. The highest BCUT2D eigenvalue weighted by molar-refractivity contribution is 5.75. The number of rotatable bonds is 3. The van der Waals surface area contributed by atoms with E-state index in [2.05, 4.69) is 12.1 Å². The molecule has 2 amide bonds. The van der Waals surface area contributed by atoms with Crippen LogP contribution in [0.3, 0.4) is 0 Å². The van der Waals surface area contributed by atoms with Crippen LogP contribution >= 0.6 is 0 Å². The van der Waals surface area contributed by atoms with Crippen LogP contribution in [0.25, 0.3) is 0 Å². The molecule has 0 spiro atoms. The average Bonchev–Trinajstić information content (AvgIpc) is 2.17. The minimum atomic E-state index is -0.365. The summed E-state index contributed by atoms with van der Waals surface area (Å²) in [6, 6.07) is 10.1. The summed E-state index contributed by atoms with van der Waals surface area (Å²) in [4.78, 5) is 12.5. The van der Waals surface area contributed by atoms with Gasteiger partial charge in [0.25, 0.3) is 0 Å². The molecule has 1 unspecified atom stereocenters. The number of benzene rings is 1. The molecule has 2 rings (SSSR count). The first kappa shape index (κ1) is 9.77. The standard InChI is InChI=1S/C12H14N2O/c13-12(15)14-9-8-11(14)7-6-10-4-2-1-3-5-10/h1-5,8-9,11H,6-7H2,(H2,13,15). The molecular formula is C12H14N2O. The SMILES string of the molecule is NC(=O)N1C=CC1CCc1ccccc1. The third-order valence-corrected chi connectivity index (χ3v) is 2.65. The molecule has 1 aromatic rings. The summed E-state index contributed by atoms with van der Waals surface area (Å²) in [5.41, 5.74) is 6.49. The second-order valence-corrected chi connectivity index (χ2v) is 3.68. The summed E-state index contributed by atoms with van der Waals surface area (Å²) in [5, 5.41) is 0. The Bertz CT molecular complexity index is 372. The number of carbonyl (C=O) groups is 1. The van der Waals surface area contributed by atoms with Gasteiger partial charge in [0.1, 0.15) is 0 Å². The lowest BCUT2D eigenvalue weighted by Gasteiger charge is -2.32. The molecule has 2 N–H and O–H groups in total. The van der Waals surface area contributed by atoms with Crippen molar-refractivity contribution in [3.63, 3.8) is 0 Å². The quantitative estimate of drug-likeness (QED) is 0.799. The maximum Gasteiger partial charge on any atom is 0.319 e. The number of urea groups is 1. The van der Waals surface area contributed by atoms with Crippen molar-refractivity contribution in [2.75, 3.05) is 0 Å². The van der Waals surface area contributed by atoms with Crippen LogP contribution < -0.4 is 5.73 Å². The number of nitrogens with two attached hydrogens (primary N) is 1. The first-order valence-corrected chi connectivity index (χ1v) is 5.07. The Morgan fingerprint density at radius 2 is 2.07 bits per heavy atom. The second kappa shape index (κ2) is 4.17. The maximum absolute atomic E-state index is 10.9. The van der Waals surface area contributed by atoms with E-state index in [1.165, 1.54) is 5.56 Å². The molecule has 1 aliphatic heterocycles. The van der Waals surface area contributed by atoms with Crippen LogP contribution in [0.1, 0.15) is 12.0 Å². The van der Waals surface area contributed by atoms with Crippen LogP contribution in [0.5, 0.6) is 0 Å². The van der Waals surface area contributed by atoms with Gasteiger partial charge in [-0.2, -0.15) is 0 Å². The Balaban J connectivity index is 1.85. The Morgan fingerprint density at radius 3 is 2.60 bits per heavy atom. The van der Waals surface area contributed by atoms with Crippen LogP contribution in [0.15, 0.2) is 42.6 Å². The third-order valence-electron chi connectivity index (χ3n) is 2.65. The molecule has 0 aliphatic carbocycles. The van der Waals surface area contributed by atoms with Crippen molar-refractivity contribution in [3.8, 4) is 0 Å². The minimum Gasteiger partial charge on any atom is -0.351 e. The number of nitrogens with zero attached hydrogens (tertiary/aromatic N) is 1. The summed E-state index contributed by atoms with van der Waals surface area (Å²) in [6.07, 6.45) is 5.65. The Labute approximate surface area is 89.2 Å². The van der Waals surface area contributed by atoms with Gasteiger partial charge in [0.2, 0.25) is 0 Å². The van der Waals surface area contributed by atoms with Crippen LogP contribution in [-0.4, -0.2) is 17.0 Å². The highest BCUT2D eigenvalue weighted by Crippen LogP contribution is 2.18. The number of primary amides is 1. The first-order valence-electron chi connectivity index (χ1n) is 5.07. The van der Waals surface area contributed by atoms with E-state index in [1.807, 2.05) is 24.3 Å². The summed E-state index contributed by atoms with van der Waals surface area (Å²) in [7, 11) is 0. The molecule has 0 saturated carbocycles. The number of carbonyl (C=O) groups excluding carboxylic acids is 1. The van der Waals surface area contributed by atoms with E-state index in [9.17, 15) is 4.79 Å². The Morgan fingerprint density at radius 1 is 1.33 bits per heavy atom. The molecule has 78 valence electrons. The normalized spacial score (nSPS) is 18.7. The van der Waals surface area contributed by atoms with Gasteiger partial charge in [-0.25, -0.2) is 4.79 Å². The van der Waals surface area contributed by atoms with Gasteiger partial charge >= 0.3 is 6.03 Å². The number of hydrogen-bond acceptors (Lipinski definition) is 1. The van der Waals surface area contributed by atoms with E-state index in [4.69, 9.17) is 5.73 Å². The topological polar surface area (TPSA) is 46.3 Å². The second-order valence-electron chi connectivity index (χ2n) is 3.68. The molecule has 1 aliphatic rings. The molecule has 1 heterocycles. The molecule has 1 atom stereocenters. The van der Waals surface area contributed by atoms with Gasteiger partial charge in [-0.1, -0.05) is 30.3 Å². The fourth-order valence-electron chi connectivity index (χ4n) is 1.73. The largest absolute Gasteiger partial charge is 0.351 e. The molecule has 3 nitrogen and oxygen atoms in total. The van der Waals surface area contributed by atoms with Crippen LogP contribution in [0.2, 0.25) is 0 Å². The van der Waals surface area contributed by atoms with E-state index in [1.54, 1.807) is 11.1 Å². The van der Waals surface area contributed by atoms with E-state index >= 15 is 0 Å². The summed E-state index contributed by atoms with van der Waals surface area (Å²) < 4.78 is 0. The number of aryl methyl sites for hydroxylation is 1. The summed E-state index contributed by atoms with van der Waals surface area (Å²) in [5.74, 6) is 0. The van der Waals surface area contributed by atoms with Crippen molar-refractivity contribution in [1.29, 1.82) is 0 Å². The fourth-order valence-corrected chi connectivity index (χ4v) is 1.73. The molecule has 0 radical (unpaired) electrons. The van der Waals surface area contributed by atoms with E-state index in [0.29, 0.717) is 0 Å². The third kappa shape index (κ3) is 2.18. The molecular weight excluding hydrogens is 188 g/mol. The van der Waals surface area contributed by atoms with Gasteiger partial charge < -0.3 is 5.73 Å². The average molecular weight is 202 g/mol. The van der Waals surface area contributed by atoms with E-state index < -0.39 is 0 Å². The number of hydrogen-bond donors (Lipinski definition) is 1. The molecule has 0 saturated heterocycles. The molecule has 15 heavy (non-hydrogen) atoms. The van der Waals surface area contributed by atoms with Gasteiger partial charge in [-0.3, -0.25) is 4.90 Å². The zero-order valence-corrected chi connectivity index (χ0v) is 8.47. The van der Waals surface area contributed by atoms with Crippen molar-refractivity contribution in [2.45, 2.75) is 18.9 Å². The highest BCUT2D eigenvalue weighted by Gasteiger charge is 2.23. The van der Waals surface area contributed by atoms with Crippen molar-refractivity contribution in [1.82, 2.24) is 4.90 Å². The van der Waals surface area contributed by atoms with Crippen LogP contribution in [0.4, 0.5) is 4.79 Å². The lowest BCUT2D eigenvalue weighted by atomic mass is 10.0. The maximum atomic E-state index is 10.9. The predicted octanol–water partition coefficient (Wildman–Crippen LogP) is 1.90. The van der Waals surface area contributed by atoms with Gasteiger partial charge in [-0.15, -0.1) is 0 Å². The van der Waals surface area contributed by atoms with Crippen molar-refractivity contribution in [2.24, 2.45) is 5.73 Å². The number of amides is 2. The molecule has 3 heteroatoms. The zero-order valence-electron chi connectivity index (χ0n) is 8.47. The zero-order chi connectivity index (χ0) is 10.7.